The number of hydrogen-bond donors (Lipinski definition) is 1. The Hall–Kier alpha value is 0.269. The van der Waals surface area contributed by atoms with Crippen LogP contribution in [-0.4, -0.2) is 33.6 Å². The minimum atomic E-state index is -0.833. The first-order valence-electron chi connectivity index (χ1n) is 2.84. The number of aliphatic carboxylic acids is 1. The number of rotatable bonds is 1. The van der Waals surface area contributed by atoms with Crippen LogP contribution in [0.3, 0.4) is 0 Å². The van der Waals surface area contributed by atoms with Gasteiger partial charge in [0.15, 0.2) is 0 Å². The van der Waals surface area contributed by atoms with Gasteiger partial charge in [0.1, 0.15) is 0 Å². The molecule has 0 atom stereocenters. The third-order valence-corrected chi connectivity index (χ3v) is 2.74. The van der Waals surface area contributed by atoms with Crippen molar-refractivity contribution in [1.82, 2.24) is 0 Å². The van der Waals surface area contributed by atoms with Crippen LogP contribution in [0.25, 0.3) is 0 Å². The summed E-state index contributed by atoms with van der Waals surface area (Å²) < 4.78 is 1.40. The van der Waals surface area contributed by atoms with Gasteiger partial charge in [0.05, 0.1) is 0 Å². The van der Waals surface area contributed by atoms with E-state index in [-0.39, 0.29) is 0 Å². The molecule has 0 spiro atoms. The second-order valence-electron chi connectivity index (χ2n) is 2.12. The molecule has 0 aliphatic heterocycles. The van der Waals surface area contributed by atoms with Crippen molar-refractivity contribution < 1.29 is 9.90 Å². The van der Waals surface area contributed by atoms with E-state index in [0.29, 0.717) is 0 Å². The zero-order valence-electron chi connectivity index (χ0n) is 6.14. The van der Waals surface area contributed by atoms with Crippen LogP contribution in [-0.2, 0) is 4.79 Å². The third-order valence-electron chi connectivity index (χ3n) is 0.408. The number of carboxylic acids is 1. The van der Waals surface area contributed by atoms with Crippen LogP contribution in [0.4, 0.5) is 0 Å². The summed E-state index contributed by atoms with van der Waals surface area (Å²) in [4.78, 5) is 9.00. The summed E-state index contributed by atoms with van der Waals surface area (Å²) in [6.07, 6.45) is 0. The first kappa shape index (κ1) is 12.0. The fourth-order valence-corrected chi connectivity index (χ4v) is 0. The van der Waals surface area contributed by atoms with Gasteiger partial charge in [-0.25, -0.2) is 0 Å². The van der Waals surface area contributed by atoms with Crippen LogP contribution in [0.15, 0.2) is 0 Å². The predicted molar refractivity (Wildman–Crippen MR) is 38.7 cm³/mol. The van der Waals surface area contributed by atoms with Crippen molar-refractivity contribution in [2.45, 2.75) is 25.2 Å². The fourth-order valence-electron chi connectivity index (χ4n) is 0. The maximum absolute atomic E-state index is 9.00. The van der Waals surface area contributed by atoms with E-state index in [4.69, 9.17) is 9.90 Å². The third kappa shape index (κ3) is 63.1. The minimum absolute atomic E-state index is 0.833. The molecule has 53 valence electrons. The van der Waals surface area contributed by atoms with E-state index in [0.717, 1.165) is 12.8 Å². The van der Waals surface area contributed by atoms with Gasteiger partial charge in [-0.3, -0.25) is 4.79 Å². The molecule has 0 saturated heterocycles. The zero-order chi connectivity index (χ0) is 7.86. The van der Waals surface area contributed by atoms with Crippen molar-refractivity contribution in [2.24, 2.45) is 5.92 Å². The Morgan fingerprint density at radius 3 is 1.78 bits per heavy atom. The van der Waals surface area contributed by atoms with Crippen LogP contribution in [0.2, 0.25) is 4.44 Å². The molecule has 0 saturated carbocycles. The van der Waals surface area contributed by atoms with Gasteiger partial charge in [-0.15, -0.1) is 0 Å². The molecule has 0 heterocycles. The van der Waals surface area contributed by atoms with Crippen LogP contribution >= 0.6 is 0 Å². The van der Waals surface area contributed by atoms with Gasteiger partial charge in [-0.1, -0.05) is 0 Å². The Balaban J connectivity index is 0. The molecule has 0 aliphatic carbocycles. The van der Waals surface area contributed by atoms with E-state index in [1.54, 1.807) is 22.5 Å². The van der Waals surface area contributed by atoms with Gasteiger partial charge in [0, 0.05) is 6.92 Å². The molecule has 0 aromatic carbocycles. The zero-order valence-corrected chi connectivity index (χ0v) is 8.99. The van der Waals surface area contributed by atoms with Crippen molar-refractivity contribution in [1.29, 1.82) is 0 Å². The first-order valence-corrected chi connectivity index (χ1v) is 4.86. The molecule has 1 N–H and O–H groups in total. The van der Waals surface area contributed by atoms with Crippen LogP contribution in [0, 0.1) is 5.92 Å². The average Bonchev–Trinajstić information content (AvgIpc) is 1.65. The van der Waals surface area contributed by atoms with Crippen molar-refractivity contribution >= 4 is 28.5 Å². The molecule has 9 heavy (non-hydrogen) atoms. The van der Waals surface area contributed by atoms with Crippen LogP contribution in [0.1, 0.15) is 20.8 Å². The molecule has 0 aromatic heterocycles. The summed E-state index contributed by atoms with van der Waals surface area (Å²) in [5, 5.41) is 7.42. The van der Waals surface area contributed by atoms with E-state index in [1.165, 1.54) is 4.44 Å². The van der Waals surface area contributed by atoms with Crippen molar-refractivity contribution in [2.75, 3.05) is 0 Å². The molecule has 0 fully saturated rings. The van der Waals surface area contributed by atoms with E-state index in [2.05, 4.69) is 13.8 Å². The van der Waals surface area contributed by atoms with Gasteiger partial charge in [0.25, 0.3) is 5.97 Å². The SMILES string of the molecule is CC(=O)O.CC(C)[CH2][Sn]. The standard InChI is InChI=1S/C4H9.C2H4O2.Sn/c1-4(2)3;1-2(3)4;/h4H,1H2,2-3H3;1H3,(H,3,4);. The molecule has 0 bridgehead atoms. The second kappa shape index (κ2) is 8.27. The Morgan fingerprint density at radius 2 is 1.78 bits per heavy atom. The fraction of sp³-hybridized carbons (Fsp3) is 0.833. The maximum atomic E-state index is 9.00. The molecule has 2 nitrogen and oxygen atoms in total. The molecule has 0 unspecified atom stereocenters. The van der Waals surface area contributed by atoms with Crippen LogP contribution < -0.4 is 0 Å². The van der Waals surface area contributed by atoms with E-state index < -0.39 is 5.97 Å². The van der Waals surface area contributed by atoms with Crippen molar-refractivity contribution in [3.05, 3.63) is 0 Å². The van der Waals surface area contributed by atoms with Gasteiger partial charge in [-0.05, 0) is 0 Å². The topological polar surface area (TPSA) is 37.3 Å². The van der Waals surface area contributed by atoms with Gasteiger partial charge < -0.3 is 5.11 Å². The van der Waals surface area contributed by atoms with E-state index in [9.17, 15) is 0 Å². The Kier molecular flexibility index (Phi) is 11.0. The molecule has 3 heteroatoms. The molecular formula is C6H13O2Sn. The second-order valence-corrected chi connectivity index (χ2v) is 3.28. The van der Waals surface area contributed by atoms with Gasteiger partial charge >= 0.3 is 46.7 Å². The van der Waals surface area contributed by atoms with Crippen molar-refractivity contribution in [3.63, 3.8) is 0 Å². The normalized spacial score (nSPS) is 8.11. The summed E-state index contributed by atoms with van der Waals surface area (Å²) >= 11 is 1.66. The Labute approximate surface area is 69.7 Å². The molecule has 0 amide bonds. The average molecular weight is 236 g/mol. The number of carbonyl (C=O) groups is 1. The van der Waals surface area contributed by atoms with Crippen molar-refractivity contribution in [3.8, 4) is 0 Å². The molecular weight excluding hydrogens is 223 g/mol. The molecule has 0 aliphatic rings. The summed E-state index contributed by atoms with van der Waals surface area (Å²) in [5.74, 6) is 0.0909. The number of hydrogen-bond acceptors (Lipinski definition) is 1. The van der Waals surface area contributed by atoms with E-state index in [1.807, 2.05) is 0 Å². The summed E-state index contributed by atoms with van der Waals surface area (Å²) in [6, 6.07) is 0. The van der Waals surface area contributed by atoms with Gasteiger partial charge in [-0.2, -0.15) is 0 Å². The van der Waals surface area contributed by atoms with Crippen LogP contribution in [0.5, 0.6) is 0 Å². The molecule has 3 radical (unpaired) electrons. The summed E-state index contributed by atoms with van der Waals surface area (Å²) in [5.41, 5.74) is 0. The Morgan fingerprint density at radius 1 is 1.67 bits per heavy atom. The van der Waals surface area contributed by atoms with E-state index >= 15 is 0 Å². The predicted octanol–water partition coefficient (Wildman–Crippen LogP) is 1.32. The van der Waals surface area contributed by atoms with Gasteiger partial charge in [0.2, 0.25) is 0 Å². The summed E-state index contributed by atoms with van der Waals surface area (Å²) in [6.45, 7) is 5.57. The Bertz CT molecular complexity index is 67.5. The monoisotopic (exact) mass is 237 g/mol. The first-order chi connectivity index (χ1) is 4.00. The molecule has 0 aromatic rings. The number of carboxylic acid groups (broad SMARTS) is 1. The summed E-state index contributed by atoms with van der Waals surface area (Å²) in [7, 11) is 0. The molecule has 0 rings (SSSR count). The quantitative estimate of drug-likeness (QED) is 0.697.